The van der Waals surface area contributed by atoms with Gasteiger partial charge in [-0.15, -0.1) is 11.3 Å². The number of carbonyl (C=O) groups is 3. The predicted octanol–water partition coefficient (Wildman–Crippen LogP) is 7.78. The Hall–Kier alpha value is -2.58. The first-order valence-electron chi connectivity index (χ1n) is 15.9. The largest absolute Gasteiger partial charge is 0.461 e. The van der Waals surface area contributed by atoms with Crippen molar-refractivity contribution in [3.63, 3.8) is 0 Å². The fraction of sp³-hybridized carbons (Fsp3) is 0.657. The van der Waals surface area contributed by atoms with Gasteiger partial charge in [-0.2, -0.15) is 0 Å². The molecule has 1 aromatic rings. The summed E-state index contributed by atoms with van der Waals surface area (Å²) in [6.45, 7) is 16.4. The lowest BCUT2D eigenvalue weighted by Gasteiger charge is -2.37. The van der Waals surface area contributed by atoms with Crippen LogP contribution in [0.4, 0.5) is 0 Å². The first kappa shape index (κ1) is 36.6. The average Bonchev–Trinajstić information content (AvgIpc) is 3.36. The molecule has 0 saturated heterocycles. The zero-order valence-corrected chi connectivity index (χ0v) is 28.4. The van der Waals surface area contributed by atoms with E-state index in [0.29, 0.717) is 19.4 Å². The molecule has 5 unspecified atom stereocenters. The van der Waals surface area contributed by atoms with Crippen LogP contribution in [0.15, 0.2) is 34.8 Å². The third-order valence-corrected chi connectivity index (χ3v) is 9.50. The van der Waals surface area contributed by atoms with Crippen LogP contribution < -0.4 is 5.73 Å². The van der Waals surface area contributed by atoms with E-state index in [9.17, 15) is 14.4 Å². The van der Waals surface area contributed by atoms with Gasteiger partial charge in [-0.1, -0.05) is 57.4 Å². The van der Waals surface area contributed by atoms with Crippen molar-refractivity contribution in [2.45, 2.75) is 119 Å². The molecule has 2 rings (SSSR count). The molecule has 240 valence electrons. The van der Waals surface area contributed by atoms with Crippen LogP contribution in [0.3, 0.4) is 0 Å². The van der Waals surface area contributed by atoms with Crippen molar-refractivity contribution >= 4 is 35.1 Å². The van der Waals surface area contributed by atoms with Gasteiger partial charge in [0.05, 0.1) is 22.5 Å². The van der Waals surface area contributed by atoms with Crippen LogP contribution in [0.5, 0.6) is 0 Å². The van der Waals surface area contributed by atoms with E-state index in [0.717, 1.165) is 42.0 Å². The van der Waals surface area contributed by atoms with Crippen molar-refractivity contribution in [3.05, 3.63) is 45.5 Å². The van der Waals surface area contributed by atoms with Crippen molar-refractivity contribution < 1.29 is 23.9 Å². The maximum atomic E-state index is 14.1. The molecule has 2 heterocycles. The number of ketones is 1. The van der Waals surface area contributed by atoms with E-state index in [4.69, 9.17) is 15.2 Å². The maximum Gasteiger partial charge on any atom is 0.310 e. The number of cyclic esters (lactones) is 1. The van der Waals surface area contributed by atoms with E-state index in [1.54, 1.807) is 25.2 Å². The molecule has 43 heavy (non-hydrogen) atoms. The lowest BCUT2D eigenvalue weighted by atomic mass is 9.69. The molecule has 7 nitrogen and oxygen atoms in total. The lowest BCUT2D eigenvalue weighted by molar-refractivity contribution is -0.166. The predicted molar refractivity (Wildman–Crippen MR) is 175 cm³/mol. The Balaban J connectivity index is 2.47. The number of aryl methyl sites for hydroxylation is 1. The Bertz CT molecular complexity index is 1160. The number of esters is 2. The molecule has 0 saturated carbocycles. The fourth-order valence-electron chi connectivity index (χ4n) is 5.83. The normalized spacial score (nSPS) is 26.1. The van der Waals surface area contributed by atoms with Crippen LogP contribution in [-0.4, -0.2) is 41.5 Å². The van der Waals surface area contributed by atoms with Crippen molar-refractivity contribution in [1.82, 2.24) is 4.98 Å². The van der Waals surface area contributed by atoms with Gasteiger partial charge in [-0.05, 0) is 83.9 Å². The first-order valence-corrected chi connectivity index (χ1v) is 16.7. The number of rotatable bonds is 9. The minimum atomic E-state index is -1.09. The van der Waals surface area contributed by atoms with E-state index in [1.807, 2.05) is 32.2 Å². The quantitative estimate of drug-likeness (QED) is 0.172. The molecule has 8 heteroatoms. The average molecular weight is 615 g/mol. The third-order valence-electron chi connectivity index (χ3n) is 8.71. The van der Waals surface area contributed by atoms with Gasteiger partial charge in [-0.3, -0.25) is 14.4 Å². The van der Waals surface area contributed by atoms with Gasteiger partial charge in [0.25, 0.3) is 0 Å². The van der Waals surface area contributed by atoms with Gasteiger partial charge in [0.1, 0.15) is 18.0 Å². The molecule has 1 aliphatic heterocycles. The number of Topliss-reactive ketones (excluding diaryl/α,β-unsaturated/α-hetero) is 1. The second kappa shape index (κ2) is 17.6. The topological polar surface area (TPSA) is 109 Å². The van der Waals surface area contributed by atoms with E-state index in [1.165, 1.54) is 5.57 Å². The molecule has 1 aromatic heterocycles. The van der Waals surface area contributed by atoms with Crippen LogP contribution >= 0.6 is 11.3 Å². The van der Waals surface area contributed by atoms with Crippen LogP contribution in [0.2, 0.25) is 0 Å². The van der Waals surface area contributed by atoms with E-state index < -0.39 is 29.6 Å². The first-order chi connectivity index (χ1) is 20.3. The molecule has 5 atom stereocenters. The molecule has 1 aliphatic rings. The lowest BCUT2D eigenvalue weighted by Crippen LogP contribution is -2.46. The van der Waals surface area contributed by atoms with Crippen molar-refractivity contribution in [3.8, 4) is 0 Å². The highest BCUT2D eigenvalue weighted by atomic mass is 32.1. The third kappa shape index (κ3) is 11.5. The van der Waals surface area contributed by atoms with Crippen LogP contribution in [0.25, 0.3) is 6.08 Å². The highest BCUT2D eigenvalue weighted by molar-refractivity contribution is 7.09. The summed E-state index contributed by atoms with van der Waals surface area (Å²) in [5.74, 6) is -0.903. The number of carbonyl (C=O) groups excluding carboxylic acids is 3. The molecule has 0 fully saturated rings. The van der Waals surface area contributed by atoms with Crippen LogP contribution in [-0.2, 0) is 23.9 Å². The Kier molecular flexibility index (Phi) is 15.0. The zero-order chi connectivity index (χ0) is 32.2. The number of ether oxygens (including phenoxy) is 2. The summed E-state index contributed by atoms with van der Waals surface area (Å²) in [7, 11) is 0. The molecular formula is C35H54N2O5S. The number of unbranched alkanes of at least 4 members (excludes halogenated alkanes) is 2. The van der Waals surface area contributed by atoms with Gasteiger partial charge in [0.15, 0.2) is 0 Å². The smallest absolute Gasteiger partial charge is 0.310 e. The Labute approximate surface area is 263 Å². The van der Waals surface area contributed by atoms with Gasteiger partial charge >= 0.3 is 11.9 Å². The minimum absolute atomic E-state index is 0.0111. The highest BCUT2D eigenvalue weighted by Gasteiger charge is 2.45. The number of aromatic nitrogens is 1. The summed E-state index contributed by atoms with van der Waals surface area (Å²) in [4.78, 5) is 45.1. The number of allylic oxidation sites excluding steroid dienone is 3. The van der Waals surface area contributed by atoms with Crippen LogP contribution in [0.1, 0.15) is 111 Å². The second-order valence-corrected chi connectivity index (χ2v) is 13.7. The number of hydrogen-bond acceptors (Lipinski definition) is 8. The molecule has 0 amide bonds. The summed E-state index contributed by atoms with van der Waals surface area (Å²) < 4.78 is 12.0. The monoisotopic (exact) mass is 614 g/mol. The highest BCUT2D eigenvalue weighted by Crippen LogP contribution is 2.37. The van der Waals surface area contributed by atoms with E-state index in [2.05, 4.69) is 44.0 Å². The Morgan fingerprint density at radius 3 is 2.56 bits per heavy atom. The Morgan fingerprint density at radius 1 is 1.21 bits per heavy atom. The molecule has 0 spiro atoms. The van der Waals surface area contributed by atoms with Crippen molar-refractivity contribution in [2.75, 3.05) is 6.54 Å². The number of nitrogens with two attached hydrogens (primary N) is 1. The van der Waals surface area contributed by atoms with E-state index >= 15 is 0 Å². The summed E-state index contributed by atoms with van der Waals surface area (Å²) in [5.41, 5.74) is 7.38. The molecule has 0 radical (unpaired) electrons. The van der Waals surface area contributed by atoms with E-state index in [-0.39, 0.29) is 36.4 Å². The van der Waals surface area contributed by atoms with Gasteiger partial charge < -0.3 is 15.2 Å². The fourth-order valence-corrected chi connectivity index (χ4v) is 6.40. The van der Waals surface area contributed by atoms with Crippen molar-refractivity contribution in [2.24, 2.45) is 28.9 Å². The maximum absolute atomic E-state index is 14.1. The standard InChI is InChI=1S/C35H54N2O5S/c1-9-29-24(3)15-13-14-23(2)17-18-30(25(4)20-28-22-43-27(6)37-28)41-33(39)21-31(35(7,8)34(40)26(29)5)42-32(38)16-11-10-12-19-36/h13,15,17,20,22,24,26,29-31H,9-12,14,16,18-19,21,36H2,1-8H3. The van der Waals surface area contributed by atoms with Crippen LogP contribution in [0, 0.1) is 30.1 Å². The molecule has 0 bridgehead atoms. The van der Waals surface area contributed by atoms with Gasteiger partial charge in [0.2, 0.25) is 0 Å². The molecule has 0 aliphatic carbocycles. The minimum Gasteiger partial charge on any atom is -0.461 e. The summed E-state index contributed by atoms with van der Waals surface area (Å²) >= 11 is 1.57. The zero-order valence-electron chi connectivity index (χ0n) is 27.6. The number of nitrogens with zero attached hydrogens (tertiary/aromatic N) is 1. The summed E-state index contributed by atoms with van der Waals surface area (Å²) in [6, 6.07) is 0. The SMILES string of the molecule is CCC1C(C)C=CCC(C)=CCC(C(C)=Cc2csc(C)n2)OC(=O)CC(OC(=O)CCCCCN)C(C)(C)C(=O)C1C. The summed E-state index contributed by atoms with van der Waals surface area (Å²) in [5, 5.41) is 2.94. The second-order valence-electron chi connectivity index (χ2n) is 12.7. The van der Waals surface area contributed by atoms with Crippen molar-refractivity contribution in [1.29, 1.82) is 0 Å². The van der Waals surface area contributed by atoms with Gasteiger partial charge in [-0.25, -0.2) is 4.98 Å². The summed E-state index contributed by atoms with van der Waals surface area (Å²) in [6.07, 6.45) is 11.4. The van der Waals surface area contributed by atoms with Gasteiger partial charge in [0, 0.05) is 24.1 Å². The number of hydrogen-bond donors (Lipinski definition) is 1. The Morgan fingerprint density at radius 2 is 1.93 bits per heavy atom. The molecular weight excluding hydrogens is 560 g/mol. The molecule has 0 aromatic carbocycles. The molecule has 2 N–H and O–H groups in total. The number of thiazole rings is 1.